The van der Waals surface area contributed by atoms with Gasteiger partial charge in [-0.2, -0.15) is 0 Å². The molecule has 2 fully saturated rings. The molecule has 1 amide bonds. The number of carbonyl (C=O) groups excluding carboxylic acids is 1. The fourth-order valence-electron chi connectivity index (χ4n) is 3.07. The van der Waals surface area contributed by atoms with E-state index in [0.29, 0.717) is 29.3 Å². The van der Waals surface area contributed by atoms with Crippen molar-refractivity contribution >= 4 is 29.0 Å². The van der Waals surface area contributed by atoms with Crippen LogP contribution in [0.3, 0.4) is 0 Å². The zero-order valence-electron chi connectivity index (χ0n) is 15.5. The molecule has 2 saturated carbocycles. The minimum atomic E-state index is -0.298. The van der Waals surface area contributed by atoms with E-state index in [9.17, 15) is 9.18 Å². The normalized spacial score (nSPS) is 16.2. The number of rotatable bonds is 8. The van der Waals surface area contributed by atoms with Gasteiger partial charge in [-0.05, 0) is 43.4 Å². The molecule has 0 bridgehead atoms. The number of nitrogens with zero attached hydrogens (tertiary/aromatic N) is 5. The monoisotopic (exact) mass is 430 g/mol. The van der Waals surface area contributed by atoms with E-state index in [-0.39, 0.29) is 11.7 Å². The third kappa shape index (κ3) is 4.32. The summed E-state index contributed by atoms with van der Waals surface area (Å²) in [6.07, 6.45) is 4.82. The van der Waals surface area contributed by atoms with Crippen LogP contribution in [0.15, 0.2) is 29.4 Å². The SMILES string of the molecule is O=C(NCc1ccc(F)cc1)c1nnc(CSc2nnc(C3CC3)n2C2CC2)s1. The van der Waals surface area contributed by atoms with Crippen molar-refractivity contribution < 1.29 is 9.18 Å². The van der Waals surface area contributed by atoms with E-state index in [1.54, 1.807) is 23.9 Å². The molecule has 1 N–H and O–H groups in total. The molecule has 0 radical (unpaired) electrons. The highest BCUT2D eigenvalue weighted by Gasteiger charge is 2.36. The summed E-state index contributed by atoms with van der Waals surface area (Å²) < 4.78 is 15.3. The maximum atomic E-state index is 12.9. The number of nitrogens with one attached hydrogen (secondary N) is 1. The Labute approximate surface area is 175 Å². The van der Waals surface area contributed by atoms with Gasteiger partial charge in [-0.25, -0.2) is 4.39 Å². The van der Waals surface area contributed by atoms with Crippen molar-refractivity contribution in [2.24, 2.45) is 0 Å². The number of halogens is 1. The highest BCUT2D eigenvalue weighted by molar-refractivity contribution is 7.98. The van der Waals surface area contributed by atoms with Gasteiger partial charge >= 0.3 is 0 Å². The molecule has 0 aliphatic heterocycles. The van der Waals surface area contributed by atoms with Gasteiger partial charge in [-0.15, -0.1) is 20.4 Å². The van der Waals surface area contributed by atoms with Crippen LogP contribution in [0.5, 0.6) is 0 Å². The van der Waals surface area contributed by atoms with Gasteiger partial charge in [0.15, 0.2) is 5.16 Å². The van der Waals surface area contributed by atoms with Gasteiger partial charge in [-0.1, -0.05) is 35.2 Å². The van der Waals surface area contributed by atoms with Crippen molar-refractivity contribution in [3.8, 4) is 0 Å². The fourth-order valence-corrected chi connectivity index (χ4v) is 4.83. The van der Waals surface area contributed by atoms with Crippen LogP contribution >= 0.6 is 23.1 Å². The maximum absolute atomic E-state index is 12.9. The molecule has 0 spiro atoms. The van der Waals surface area contributed by atoms with Crippen LogP contribution in [0.4, 0.5) is 4.39 Å². The Hall–Kier alpha value is -2.33. The van der Waals surface area contributed by atoms with Crippen LogP contribution in [0.1, 0.15) is 63.8 Å². The molecule has 2 heterocycles. The van der Waals surface area contributed by atoms with Crippen molar-refractivity contribution in [2.45, 2.75) is 55.1 Å². The van der Waals surface area contributed by atoms with Crippen molar-refractivity contribution in [1.82, 2.24) is 30.3 Å². The Kier molecular flexibility index (Phi) is 5.04. The third-order valence-corrected chi connectivity index (χ3v) is 6.96. The first-order valence-electron chi connectivity index (χ1n) is 9.60. The second-order valence-corrected chi connectivity index (χ2v) is 9.32. The summed E-state index contributed by atoms with van der Waals surface area (Å²) in [6, 6.07) is 6.58. The summed E-state index contributed by atoms with van der Waals surface area (Å²) in [5, 5.41) is 21.8. The van der Waals surface area contributed by atoms with Gasteiger partial charge in [0.25, 0.3) is 5.91 Å². The predicted molar refractivity (Wildman–Crippen MR) is 107 cm³/mol. The predicted octanol–water partition coefficient (Wildman–Crippen LogP) is 3.70. The molecule has 0 unspecified atom stereocenters. The van der Waals surface area contributed by atoms with E-state index < -0.39 is 0 Å². The van der Waals surface area contributed by atoms with Gasteiger partial charge in [0.1, 0.15) is 16.6 Å². The summed E-state index contributed by atoms with van der Waals surface area (Å²) in [5.41, 5.74) is 0.825. The zero-order valence-corrected chi connectivity index (χ0v) is 17.2. The number of carbonyl (C=O) groups is 1. The van der Waals surface area contributed by atoms with Gasteiger partial charge in [0.05, 0.1) is 5.75 Å². The first-order valence-corrected chi connectivity index (χ1v) is 11.4. The fraction of sp³-hybridized carbons (Fsp3) is 0.421. The van der Waals surface area contributed by atoms with E-state index in [2.05, 4.69) is 30.3 Å². The Morgan fingerprint density at radius 1 is 1.14 bits per heavy atom. The molecule has 5 rings (SSSR count). The highest BCUT2D eigenvalue weighted by atomic mass is 32.2. The van der Waals surface area contributed by atoms with Crippen LogP contribution in [0.25, 0.3) is 0 Å². The summed E-state index contributed by atoms with van der Waals surface area (Å²) in [6.45, 7) is 0.317. The second-order valence-electron chi connectivity index (χ2n) is 7.31. The lowest BCUT2D eigenvalue weighted by Crippen LogP contribution is -2.22. The Bertz CT molecular complexity index is 1030. The summed E-state index contributed by atoms with van der Waals surface area (Å²) in [4.78, 5) is 12.3. The van der Waals surface area contributed by atoms with E-state index >= 15 is 0 Å². The van der Waals surface area contributed by atoms with Crippen molar-refractivity contribution in [2.75, 3.05) is 0 Å². The van der Waals surface area contributed by atoms with Crippen LogP contribution in [-0.4, -0.2) is 30.9 Å². The molecule has 3 aromatic rings. The van der Waals surface area contributed by atoms with Crippen LogP contribution in [-0.2, 0) is 12.3 Å². The summed E-state index contributed by atoms with van der Waals surface area (Å²) >= 11 is 2.88. The first-order chi connectivity index (χ1) is 14.2. The van der Waals surface area contributed by atoms with E-state index in [4.69, 9.17) is 0 Å². The molecular weight excluding hydrogens is 411 g/mol. The topological polar surface area (TPSA) is 85.6 Å². The standard InChI is InChI=1S/C19H19FN6OS2/c20-13-5-1-11(2-6-13)9-21-17(27)18-24-22-15(29-18)10-28-19-25-23-16(12-3-4-12)26(19)14-7-8-14/h1-2,5-6,12,14H,3-4,7-10H2,(H,21,27). The maximum Gasteiger partial charge on any atom is 0.282 e. The van der Waals surface area contributed by atoms with Gasteiger partial charge in [0, 0.05) is 18.5 Å². The molecule has 2 aliphatic carbocycles. The zero-order chi connectivity index (χ0) is 19.8. The highest BCUT2D eigenvalue weighted by Crippen LogP contribution is 2.46. The average molecular weight is 431 g/mol. The molecule has 1 aromatic carbocycles. The number of thioether (sulfide) groups is 1. The first kappa shape index (κ1) is 18.7. The average Bonchev–Trinajstić information content (AvgIpc) is 3.66. The molecule has 150 valence electrons. The van der Waals surface area contributed by atoms with Crippen LogP contribution in [0.2, 0.25) is 0 Å². The summed E-state index contributed by atoms with van der Waals surface area (Å²) in [7, 11) is 0. The molecule has 2 aliphatic rings. The van der Waals surface area contributed by atoms with Gasteiger partial charge in [0.2, 0.25) is 5.01 Å². The Morgan fingerprint density at radius 2 is 1.93 bits per heavy atom. The minimum absolute atomic E-state index is 0.278. The molecule has 10 heteroatoms. The van der Waals surface area contributed by atoms with Crippen molar-refractivity contribution in [1.29, 1.82) is 0 Å². The molecule has 7 nitrogen and oxygen atoms in total. The lowest BCUT2D eigenvalue weighted by Gasteiger charge is -2.07. The molecule has 2 aromatic heterocycles. The second kappa shape index (κ2) is 7.83. The molecule has 0 saturated heterocycles. The number of amides is 1. The minimum Gasteiger partial charge on any atom is -0.346 e. The molecule has 29 heavy (non-hydrogen) atoms. The smallest absolute Gasteiger partial charge is 0.282 e. The van der Waals surface area contributed by atoms with Crippen LogP contribution < -0.4 is 5.32 Å². The van der Waals surface area contributed by atoms with E-state index in [1.165, 1.54) is 49.2 Å². The Balaban J connectivity index is 1.18. The number of aromatic nitrogens is 5. The Morgan fingerprint density at radius 3 is 2.66 bits per heavy atom. The van der Waals surface area contributed by atoms with Gasteiger partial charge in [-0.3, -0.25) is 4.79 Å². The molecule has 0 atom stereocenters. The summed E-state index contributed by atoms with van der Waals surface area (Å²) in [5.74, 6) is 1.75. The van der Waals surface area contributed by atoms with E-state index in [0.717, 1.165) is 21.6 Å². The molecular formula is C19H19FN6OS2. The largest absolute Gasteiger partial charge is 0.346 e. The van der Waals surface area contributed by atoms with Crippen molar-refractivity contribution in [3.63, 3.8) is 0 Å². The number of benzene rings is 1. The number of hydrogen-bond acceptors (Lipinski definition) is 7. The van der Waals surface area contributed by atoms with Gasteiger partial charge < -0.3 is 9.88 Å². The van der Waals surface area contributed by atoms with E-state index in [1.807, 2.05) is 0 Å². The van der Waals surface area contributed by atoms with Crippen LogP contribution in [0, 0.1) is 5.82 Å². The number of hydrogen-bond donors (Lipinski definition) is 1. The lowest BCUT2D eigenvalue weighted by atomic mass is 10.2. The third-order valence-electron chi connectivity index (χ3n) is 4.90. The van der Waals surface area contributed by atoms with Crippen molar-refractivity contribution in [3.05, 3.63) is 51.5 Å². The lowest BCUT2D eigenvalue weighted by molar-refractivity contribution is 0.0950. The quantitative estimate of drug-likeness (QED) is 0.549.